The second-order valence-electron chi connectivity index (χ2n) is 5.59. The van der Waals surface area contributed by atoms with Gasteiger partial charge in [0.1, 0.15) is 5.82 Å². The molecule has 3 unspecified atom stereocenters. The first kappa shape index (κ1) is 11.0. The number of pyridine rings is 1. The van der Waals surface area contributed by atoms with Crippen molar-refractivity contribution in [2.24, 2.45) is 17.6 Å². The Morgan fingerprint density at radius 1 is 1.35 bits per heavy atom. The zero-order valence-electron chi connectivity index (χ0n) is 10.5. The van der Waals surface area contributed by atoms with Gasteiger partial charge < -0.3 is 10.6 Å². The van der Waals surface area contributed by atoms with Gasteiger partial charge in [0.2, 0.25) is 0 Å². The lowest BCUT2D eigenvalue weighted by atomic mass is 10.0. The molecule has 0 aromatic carbocycles. The van der Waals surface area contributed by atoms with Crippen LogP contribution in [0.3, 0.4) is 0 Å². The molecule has 17 heavy (non-hydrogen) atoms. The molecule has 1 aromatic heterocycles. The van der Waals surface area contributed by atoms with Crippen molar-refractivity contribution in [3.63, 3.8) is 0 Å². The molecule has 3 atom stereocenters. The van der Waals surface area contributed by atoms with E-state index in [0.29, 0.717) is 0 Å². The van der Waals surface area contributed by atoms with E-state index >= 15 is 0 Å². The first-order valence-electron chi connectivity index (χ1n) is 6.70. The third-order valence-electron chi connectivity index (χ3n) is 4.35. The number of anilines is 1. The second-order valence-corrected chi connectivity index (χ2v) is 5.59. The molecule has 2 N–H and O–H groups in total. The molecule has 1 saturated heterocycles. The minimum absolute atomic E-state index is 0.0962. The van der Waals surface area contributed by atoms with E-state index in [2.05, 4.69) is 16.0 Å². The SMILES string of the molecule is CC(N)c1ccnc(N2CC3CCCC3C2)c1. The first-order chi connectivity index (χ1) is 8.24. The number of rotatable bonds is 2. The molecule has 1 aliphatic heterocycles. The van der Waals surface area contributed by atoms with Crippen LogP contribution in [0.2, 0.25) is 0 Å². The van der Waals surface area contributed by atoms with E-state index in [-0.39, 0.29) is 6.04 Å². The van der Waals surface area contributed by atoms with E-state index in [1.54, 1.807) is 0 Å². The van der Waals surface area contributed by atoms with E-state index in [1.165, 1.54) is 37.9 Å². The predicted molar refractivity (Wildman–Crippen MR) is 69.9 cm³/mol. The number of nitrogens with two attached hydrogens (primary N) is 1. The molecular weight excluding hydrogens is 210 g/mol. The highest BCUT2D eigenvalue weighted by Gasteiger charge is 2.36. The predicted octanol–water partition coefficient (Wildman–Crippen LogP) is 2.34. The van der Waals surface area contributed by atoms with Gasteiger partial charge in [-0.25, -0.2) is 4.98 Å². The standard InChI is InChI=1S/C14H21N3/c1-10(15)11-5-6-16-14(7-11)17-8-12-3-2-4-13(12)9-17/h5-7,10,12-13H,2-4,8-9,15H2,1H3. The van der Waals surface area contributed by atoms with Crippen LogP contribution in [0.15, 0.2) is 18.3 Å². The fraction of sp³-hybridized carbons (Fsp3) is 0.643. The molecule has 0 bridgehead atoms. The molecule has 1 saturated carbocycles. The maximum atomic E-state index is 5.93. The maximum Gasteiger partial charge on any atom is 0.128 e. The van der Waals surface area contributed by atoms with Crippen LogP contribution in [-0.4, -0.2) is 18.1 Å². The summed E-state index contributed by atoms with van der Waals surface area (Å²) in [5.41, 5.74) is 7.11. The number of hydrogen-bond donors (Lipinski definition) is 1. The summed E-state index contributed by atoms with van der Waals surface area (Å²) in [4.78, 5) is 6.95. The molecule has 2 heterocycles. The molecule has 3 rings (SSSR count). The van der Waals surface area contributed by atoms with Crippen molar-refractivity contribution < 1.29 is 0 Å². The largest absolute Gasteiger partial charge is 0.356 e. The lowest BCUT2D eigenvalue weighted by Gasteiger charge is -2.19. The van der Waals surface area contributed by atoms with Gasteiger partial charge in [0, 0.05) is 25.3 Å². The van der Waals surface area contributed by atoms with E-state index in [1.807, 2.05) is 19.2 Å². The summed E-state index contributed by atoms with van der Waals surface area (Å²) in [5, 5.41) is 0. The Balaban J connectivity index is 1.78. The first-order valence-corrected chi connectivity index (χ1v) is 6.70. The van der Waals surface area contributed by atoms with Crippen LogP contribution in [0, 0.1) is 11.8 Å². The summed E-state index contributed by atoms with van der Waals surface area (Å²) in [6.45, 7) is 4.41. The molecule has 0 spiro atoms. The number of nitrogens with zero attached hydrogens (tertiary/aromatic N) is 2. The number of fused-ring (bicyclic) bond motifs is 1. The van der Waals surface area contributed by atoms with Crippen molar-refractivity contribution in [1.82, 2.24) is 4.98 Å². The van der Waals surface area contributed by atoms with E-state index < -0.39 is 0 Å². The van der Waals surface area contributed by atoms with E-state index in [9.17, 15) is 0 Å². The van der Waals surface area contributed by atoms with Gasteiger partial charge in [0.05, 0.1) is 0 Å². The van der Waals surface area contributed by atoms with Crippen molar-refractivity contribution in [2.75, 3.05) is 18.0 Å². The Labute approximate surface area is 103 Å². The highest BCUT2D eigenvalue weighted by atomic mass is 15.2. The van der Waals surface area contributed by atoms with Gasteiger partial charge in [0.15, 0.2) is 0 Å². The van der Waals surface area contributed by atoms with Crippen molar-refractivity contribution in [2.45, 2.75) is 32.2 Å². The average Bonchev–Trinajstić information content (AvgIpc) is 2.89. The highest BCUT2D eigenvalue weighted by molar-refractivity contribution is 5.43. The van der Waals surface area contributed by atoms with Crippen molar-refractivity contribution in [3.05, 3.63) is 23.9 Å². The summed E-state index contributed by atoms with van der Waals surface area (Å²) in [5.74, 6) is 2.95. The van der Waals surface area contributed by atoms with Crippen molar-refractivity contribution in [1.29, 1.82) is 0 Å². The average molecular weight is 231 g/mol. The molecule has 3 nitrogen and oxygen atoms in total. The summed E-state index contributed by atoms with van der Waals surface area (Å²) >= 11 is 0. The zero-order chi connectivity index (χ0) is 11.8. The minimum Gasteiger partial charge on any atom is -0.356 e. The highest BCUT2D eigenvalue weighted by Crippen LogP contribution is 2.39. The third kappa shape index (κ3) is 2.04. The Kier molecular flexibility index (Phi) is 2.79. The van der Waals surface area contributed by atoms with E-state index in [4.69, 9.17) is 5.73 Å². The molecule has 1 aliphatic carbocycles. The lowest BCUT2D eigenvalue weighted by molar-refractivity contribution is 0.494. The van der Waals surface area contributed by atoms with Crippen molar-refractivity contribution in [3.8, 4) is 0 Å². The monoisotopic (exact) mass is 231 g/mol. The van der Waals surface area contributed by atoms with Crippen LogP contribution in [0.1, 0.15) is 37.8 Å². The lowest BCUT2D eigenvalue weighted by Crippen LogP contribution is -2.22. The van der Waals surface area contributed by atoms with Gasteiger partial charge in [-0.2, -0.15) is 0 Å². The van der Waals surface area contributed by atoms with Gasteiger partial charge in [-0.05, 0) is 49.3 Å². The summed E-state index contributed by atoms with van der Waals surface area (Å²) < 4.78 is 0. The fourth-order valence-electron chi connectivity index (χ4n) is 3.31. The topological polar surface area (TPSA) is 42.1 Å². The second kappa shape index (κ2) is 4.30. The summed E-state index contributed by atoms with van der Waals surface area (Å²) in [6, 6.07) is 4.27. The van der Waals surface area contributed by atoms with Crippen LogP contribution in [-0.2, 0) is 0 Å². The molecule has 2 fully saturated rings. The summed E-state index contributed by atoms with van der Waals surface area (Å²) in [6.07, 6.45) is 6.14. The normalized spacial score (nSPS) is 29.4. The molecule has 0 radical (unpaired) electrons. The van der Waals surface area contributed by atoms with Gasteiger partial charge in [0.25, 0.3) is 0 Å². The summed E-state index contributed by atoms with van der Waals surface area (Å²) in [7, 11) is 0. The Morgan fingerprint density at radius 3 is 2.71 bits per heavy atom. The third-order valence-corrected chi connectivity index (χ3v) is 4.35. The zero-order valence-corrected chi connectivity index (χ0v) is 10.5. The Bertz CT molecular complexity index is 390. The Morgan fingerprint density at radius 2 is 2.06 bits per heavy atom. The van der Waals surface area contributed by atoms with Gasteiger partial charge in [-0.3, -0.25) is 0 Å². The van der Waals surface area contributed by atoms with E-state index in [0.717, 1.165) is 17.7 Å². The number of hydrogen-bond acceptors (Lipinski definition) is 3. The fourth-order valence-corrected chi connectivity index (χ4v) is 3.31. The van der Waals surface area contributed by atoms with Crippen LogP contribution >= 0.6 is 0 Å². The Hall–Kier alpha value is -1.09. The molecule has 2 aliphatic rings. The van der Waals surface area contributed by atoms with Crippen molar-refractivity contribution >= 4 is 5.82 Å². The molecule has 3 heteroatoms. The number of aromatic nitrogens is 1. The quantitative estimate of drug-likeness (QED) is 0.849. The molecule has 92 valence electrons. The molecule has 0 amide bonds. The molecular formula is C14H21N3. The van der Waals surface area contributed by atoms with Gasteiger partial charge in [-0.1, -0.05) is 6.42 Å². The van der Waals surface area contributed by atoms with Crippen LogP contribution in [0.5, 0.6) is 0 Å². The van der Waals surface area contributed by atoms with Gasteiger partial charge >= 0.3 is 0 Å². The van der Waals surface area contributed by atoms with Crippen LogP contribution < -0.4 is 10.6 Å². The van der Waals surface area contributed by atoms with Crippen LogP contribution in [0.4, 0.5) is 5.82 Å². The maximum absolute atomic E-state index is 5.93. The smallest absolute Gasteiger partial charge is 0.128 e. The van der Waals surface area contributed by atoms with Gasteiger partial charge in [-0.15, -0.1) is 0 Å². The van der Waals surface area contributed by atoms with Crippen LogP contribution in [0.25, 0.3) is 0 Å². The minimum atomic E-state index is 0.0962. The molecule has 1 aromatic rings.